The van der Waals surface area contributed by atoms with Gasteiger partial charge in [-0.2, -0.15) is 0 Å². The van der Waals surface area contributed by atoms with E-state index in [4.69, 9.17) is 0 Å². The van der Waals surface area contributed by atoms with Crippen LogP contribution in [0, 0.1) is 0 Å². The lowest BCUT2D eigenvalue weighted by Gasteiger charge is -2.00. The summed E-state index contributed by atoms with van der Waals surface area (Å²) in [5.74, 6) is 0.00484. The summed E-state index contributed by atoms with van der Waals surface area (Å²) in [5.41, 5.74) is 0. The van der Waals surface area contributed by atoms with Gasteiger partial charge in [-0.1, -0.05) is 6.92 Å². The van der Waals surface area contributed by atoms with Gasteiger partial charge in [0.1, 0.15) is 0 Å². The molecule has 0 spiro atoms. The second kappa shape index (κ2) is 5.72. The molecule has 1 heterocycles. The molecule has 0 bridgehead atoms. The lowest BCUT2D eigenvalue weighted by Crippen LogP contribution is -2.30. The van der Waals surface area contributed by atoms with Crippen molar-refractivity contribution in [1.29, 1.82) is 0 Å². The molecule has 1 amide bonds. The largest absolute Gasteiger partial charge is 0.358 e. The summed E-state index contributed by atoms with van der Waals surface area (Å²) in [4.78, 5) is 16.3. The lowest BCUT2D eigenvalue weighted by atomic mass is 10.5. The van der Waals surface area contributed by atoms with E-state index in [-0.39, 0.29) is 5.91 Å². The normalized spacial score (nSPS) is 10.1. The third-order valence-electron chi connectivity index (χ3n) is 1.77. The van der Waals surface area contributed by atoms with Gasteiger partial charge in [-0.3, -0.25) is 4.79 Å². The molecule has 0 radical (unpaired) electrons. The number of hydrogen-bond donors (Lipinski definition) is 2. The minimum absolute atomic E-state index is 0.00484. The fraction of sp³-hybridized carbons (Fsp3) is 0.556. The molecule has 0 aliphatic carbocycles. The second-order valence-corrected chi connectivity index (χ2v) is 4.05. The average molecular weight is 213 g/mol. The van der Waals surface area contributed by atoms with Crippen molar-refractivity contribution in [2.75, 3.05) is 13.6 Å². The van der Waals surface area contributed by atoms with Crippen LogP contribution >= 0.6 is 11.3 Å². The Bertz CT molecular complexity index is 298. The number of rotatable bonds is 5. The van der Waals surface area contributed by atoms with E-state index in [2.05, 4.69) is 22.5 Å². The van der Waals surface area contributed by atoms with E-state index in [1.54, 1.807) is 18.4 Å². The van der Waals surface area contributed by atoms with Crippen LogP contribution < -0.4 is 10.6 Å². The Kier molecular flexibility index (Phi) is 4.55. The monoisotopic (exact) mass is 213 g/mol. The minimum Gasteiger partial charge on any atom is -0.358 e. The number of likely N-dealkylation sites (N-methyl/N-ethyl adjacent to an activating group) is 1. The molecule has 78 valence electrons. The third-order valence-corrected chi connectivity index (χ3v) is 2.91. The summed E-state index contributed by atoms with van der Waals surface area (Å²) in [6.07, 6.45) is 2.83. The van der Waals surface area contributed by atoms with E-state index in [9.17, 15) is 4.79 Å². The van der Waals surface area contributed by atoms with E-state index in [0.717, 1.165) is 11.4 Å². The molecule has 0 saturated heterocycles. The van der Waals surface area contributed by atoms with Crippen LogP contribution in [0.4, 0.5) is 0 Å². The summed E-state index contributed by atoms with van der Waals surface area (Å²) in [7, 11) is 1.63. The van der Waals surface area contributed by atoms with E-state index in [1.165, 1.54) is 4.88 Å². The molecule has 2 N–H and O–H groups in total. The van der Waals surface area contributed by atoms with Gasteiger partial charge in [0.15, 0.2) is 0 Å². The molecular weight excluding hydrogens is 198 g/mol. The lowest BCUT2D eigenvalue weighted by molar-refractivity contribution is -0.119. The molecule has 0 aliphatic rings. The predicted octanol–water partition coefficient (Wildman–Crippen LogP) is 0.541. The van der Waals surface area contributed by atoms with E-state index in [1.807, 2.05) is 6.20 Å². The molecule has 0 saturated carbocycles. The molecule has 4 nitrogen and oxygen atoms in total. The van der Waals surface area contributed by atoms with Crippen LogP contribution in [0.2, 0.25) is 0 Å². The highest BCUT2D eigenvalue weighted by Gasteiger charge is 2.01. The maximum Gasteiger partial charge on any atom is 0.233 e. The fourth-order valence-corrected chi connectivity index (χ4v) is 1.81. The average Bonchev–Trinajstić information content (AvgIpc) is 2.65. The van der Waals surface area contributed by atoms with Gasteiger partial charge < -0.3 is 10.6 Å². The van der Waals surface area contributed by atoms with Crippen molar-refractivity contribution < 1.29 is 4.79 Å². The molecular formula is C9H15N3OS. The van der Waals surface area contributed by atoms with Crippen molar-refractivity contribution in [3.05, 3.63) is 16.1 Å². The zero-order chi connectivity index (χ0) is 10.4. The maximum absolute atomic E-state index is 10.9. The number of amides is 1. The van der Waals surface area contributed by atoms with Crippen LogP contribution in [-0.4, -0.2) is 24.5 Å². The summed E-state index contributed by atoms with van der Waals surface area (Å²) in [6, 6.07) is 0. The van der Waals surface area contributed by atoms with Gasteiger partial charge in [0.05, 0.1) is 11.6 Å². The highest BCUT2D eigenvalue weighted by Crippen LogP contribution is 2.12. The number of nitrogens with one attached hydrogen (secondary N) is 2. The highest BCUT2D eigenvalue weighted by atomic mass is 32.1. The maximum atomic E-state index is 10.9. The second-order valence-electron chi connectivity index (χ2n) is 2.85. The molecule has 1 rings (SSSR count). The zero-order valence-corrected chi connectivity index (χ0v) is 9.28. The minimum atomic E-state index is 0.00484. The van der Waals surface area contributed by atoms with Gasteiger partial charge in [-0.25, -0.2) is 4.98 Å². The first-order valence-corrected chi connectivity index (χ1v) is 5.42. The van der Waals surface area contributed by atoms with Crippen molar-refractivity contribution in [3.63, 3.8) is 0 Å². The van der Waals surface area contributed by atoms with Crippen molar-refractivity contribution in [1.82, 2.24) is 15.6 Å². The van der Waals surface area contributed by atoms with Crippen LogP contribution in [0.25, 0.3) is 0 Å². The van der Waals surface area contributed by atoms with E-state index < -0.39 is 0 Å². The number of nitrogens with zero attached hydrogens (tertiary/aromatic N) is 1. The van der Waals surface area contributed by atoms with Crippen LogP contribution in [0.15, 0.2) is 6.20 Å². The quantitative estimate of drug-likeness (QED) is 0.750. The van der Waals surface area contributed by atoms with Crippen LogP contribution in [-0.2, 0) is 17.8 Å². The molecule has 5 heteroatoms. The Labute approximate surface area is 87.7 Å². The van der Waals surface area contributed by atoms with E-state index >= 15 is 0 Å². The first-order chi connectivity index (χ1) is 6.76. The number of carbonyl (C=O) groups is 1. The molecule has 14 heavy (non-hydrogen) atoms. The first-order valence-electron chi connectivity index (χ1n) is 4.61. The SMILES string of the molecule is CCc1ncc(CNCC(=O)NC)s1. The van der Waals surface area contributed by atoms with Crippen LogP contribution in [0.3, 0.4) is 0 Å². The summed E-state index contributed by atoms with van der Waals surface area (Å²) < 4.78 is 0. The Hall–Kier alpha value is -0.940. The van der Waals surface area contributed by atoms with Crippen LogP contribution in [0.5, 0.6) is 0 Å². The number of aromatic nitrogens is 1. The molecule has 0 aliphatic heterocycles. The van der Waals surface area contributed by atoms with Gasteiger partial charge in [0.2, 0.25) is 5.91 Å². The highest BCUT2D eigenvalue weighted by molar-refractivity contribution is 7.11. The first kappa shape index (κ1) is 11.1. The fourth-order valence-electron chi connectivity index (χ4n) is 0.981. The van der Waals surface area contributed by atoms with Crippen molar-refractivity contribution in [2.24, 2.45) is 0 Å². The molecule has 0 unspecified atom stereocenters. The molecule has 0 aromatic carbocycles. The van der Waals surface area contributed by atoms with Gasteiger partial charge in [0.25, 0.3) is 0 Å². The summed E-state index contributed by atoms with van der Waals surface area (Å²) >= 11 is 1.69. The third kappa shape index (κ3) is 3.43. The Morgan fingerprint density at radius 1 is 1.64 bits per heavy atom. The Balaban J connectivity index is 2.27. The standard InChI is InChI=1S/C9H15N3OS/c1-3-9-12-5-7(14-9)4-11-6-8(13)10-2/h5,11H,3-4,6H2,1-2H3,(H,10,13). The van der Waals surface area contributed by atoms with Crippen molar-refractivity contribution in [2.45, 2.75) is 19.9 Å². The van der Waals surface area contributed by atoms with E-state index in [0.29, 0.717) is 13.1 Å². The molecule has 0 atom stereocenters. The zero-order valence-electron chi connectivity index (χ0n) is 8.46. The molecule has 1 aromatic rings. The van der Waals surface area contributed by atoms with Gasteiger partial charge in [-0.15, -0.1) is 11.3 Å². The number of carbonyl (C=O) groups excluding carboxylic acids is 1. The smallest absolute Gasteiger partial charge is 0.233 e. The summed E-state index contributed by atoms with van der Waals surface area (Å²) in [6.45, 7) is 3.15. The van der Waals surface area contributed by atoms with Crippen molar-refractivity contribution in [3.8, 4) is 0 Å². The Morgan fingerprint density at radius 3 is 3.00 bits per heavy atom. The number of hydrogen-bond acceptors (Lipinski definition) is 4. The topological polar surface area (TPSA) is 54.0 Å². The predicted molar refractivity (Wildman–Crippen MR) is 57.3 cm³/mol. The Morgan fingerprint density at radius 2 is 2.43 bits per heavy atom. The molecule has 1 aromatic heterocycles. The van der Waals surface area contributed by atoms with Crippen molar-refractivity contribution >= 4 is 17.2 Å². The molecule has 0 fully saturated rings. The van der Waals surface area contributed by atoms with Crippen LogP contribution in [0.1, 0.15) is 16.8 Å². The van der Waals surface area contributed by atoms with Gasteiger partial charge in [-0.05, 0) is 6.42 Å². The number of thiazole rings is 1. The summed E-state index contributed by atoms with van der Waals surface area (Å²) in [5, 5.41) is 6.74. The van der Waals surface area contributed by atoms with Gasteiger partial charge >= 0.3 is 0 Å². The van der Waals surface area contributed by atoms with Gasteiger partial charge in [0, 0.05) is 24.7 Å². The number of aryl methyl sites for hydroxylation is 1.